The lowest BCUT2D eigenvalue weighted by molar-refractivity contribution is -0.134. The van der Waals surface area contributed by atoms with Crippen molar-refractivity contribution in [2.24, 2.45) is 0 Å². The van der Waals surface area contributed by atoms with Crippen LogP contribution >= 0.6 is 0 Å². The van der Waals surface area contributed by atoms with Gasteiger partial charge in [0, 0.05) is 19.6 Å². The van der Waals surface area contributed by atoms with Gasteiger partial charge in [0.1, 0.15) is 6.10 Å². The van der Waals surface area contributed by atoms with Gasteiger partial charge in [0.05, 0.1) is 19.8 Å². The summed E-state index contributed by atoms with van der Waals surface area (Å²) in [6.45, 7) is 3.50. The van der Waals surface area contributed by atoms with Gasteiger partial charge < -0.3 is 20.1 Å². The summed E-state index contributed by atoms with van der Waals surface area (Å²) in [6, 6.07) is 18.1. The summed E-state index contributed by atoms with van der Waals surface area (Å²) < 4.78 is 11.3. The van der Waals surface area contributed by atoms with E-state index in [2.05, 4.69) is 10.6 Å². The van der Waals surface area contributed by atoms with E-state index in [1.165, 1.54) is 0 Å². The summed E-state index contributed by atoms with van der Waals surface area (Å²) in [4.78, 5) is 12.2. The molecule has 0 aromatic heterocycles. The molecule has 25 heavy (non-hydrogen) atoms. The first-order chi connectivity index (χ1) is 12.3. The molecule has 1 atom stereocenters. The van der Waals surface area contributed by atoms with Gasteiger partial charge in [0.15, 0.2) is 0 Å². The summed E-state index contributed by atoms with van der Waals surface area (Å²) in [5.74, 6) is -0.0767. The molecule has 0 radical (unpaired) electrons. The lowest BCUT2D eigenvalue weighted by Crippen LogP contribution is -2.47. The molecule has 1 heterocycles. The third-order valence-corrected chi connectivity index (χ3v) is 4.16. The van der Waals surface area contributed by atoms with Gasteiger partial charge in [-0.05, 0) is 16.7 Å². The number of carbonyl (C=O) groups excluding carboxylic acids is 1. The van der Waals surface area contributed by atoms with Crippen molar-refractivity contribution >= 4 is 5.91 Å². The molecule has 0 bridgehead atoms. The summed E-state index contributed by atoms with van der Waals surface area (Å²) >= 11 is 0. The Kier molecular flexibility index (Phi) is 6.56. The molecule has 1 aliphatic heterocycles. The van der Waals surface area contributed by atoms with E-state index in [9.17, 15) is 4.79 Å². The summed E-state index contributed by atoms with van der Waals surface area (Å²) in [5.41, 5.74) is 3.30. The number of hydrogen-bond donors (Lipinski definition) is 2. The van der Waals surface area contributed by atoms with Crippen molar-refractivity contribution in [3.05, 3.63) is 71.3 Å². The van der Waals surface area contributed by atoms with E-state index in [-0.39, 0.29) is 5.91 Å². The van der Waals surface area contributed by atoms with E-state index < -0.39 is 6.10 Å². The quantitative estimate of drug-likeness (QED) is 0.809. The Morgan fingerprint density at radius 2 is 1.84 bits per heavy atom. The van der Waals surface area contributed by atoms with Crippen LogP contribution in [0.1, 0.15) is 16.7 Å². The van der Waals surface area contributed by atoms with Crippen LogP contribution in [-0.4, -0.2) is 31.7 Å². The predicted molar refractivity (Wildman–Crippen MR) is 95.8 cm³/mol. The average molecular weight is 340 g/mol. The zero-order valence-electron chi connectivity index (χ0n) is 14.2. The van der Waals surface area contributed by atoms with E-state index >= 15 is 0 Å². The molecule has 2 N–H and O–H groups in total. The van der Waals surface area contributed by atoms with Gasteiger partial charge in [0.25, 0.3) is 5.91 Å². The maximum Gasteiger partial charge on any atom is 0.250 e. The number of morpholine rings is 1. The van der Waals surface area contributed by atoms with E-state index in [0.29, 0.717) is 32.9 Å². The van der Waals surface area contributed by atoms with Crippen LogP contribution in [0.4, 0.5) is 0 Å². The van der Waals surface area contributed by atoms with Crippen LogP contribution in [0.2, 0.25) is 0 Å². The molecule has 5 nitrogen and oxygen atoms in total. The largest absolute Gasteiger partial charge is 0.372 e. The molecule has 5 heteroatoms. The van der Waals surface area contributed by atoms with Gasteiger partial charge in [-0.15, -0.1) is 0 Å². The third kappa shape index (κ3) is 5.39. The van der Waals surface area contributed by atoms with Gasteiger partial charge in [0.2, 0.25) is 0 Å². The van der Waals surface area contributed by atoms with Crippen molar-refractivity contribution in [3.63, 3.8) is 0 Å². The normalized spacial score (nSPS) is 17.2. The van der Waals surface area contributed by atoms with Crippen molar-refractivity contribution in [1.29, 1.82) is 0 Å². The molecule has 0 aliphatic carbocycles. The van der Waals surface area contributed by atoms with Crippen molar-refractivity contribution < 1.29 is 14.3 Å². The van der Waals surface area contributed by atoms with Gasteiger partial charge in [-0.25, -0.2) is 0 Å². The minimum absolute atomic E-state index is 0.0767. The average Bonchev–Trinajstić information content (AvgIpc) is 2.68. The number of nitrogens with one attached hydrogen (secondary N) is 2. The topological polar surface area (TPSA) is 59.6 Å². The van der Waals surface area contributed by atoms with E-state index in [4.69, 9.17) is 9.47 Å². The lowest BCUT2D eigenvalue weighted by Gasteiger charge is -2.23. The highest BCUT2D eigenvalue weighted by Crippen LogP contribution is 2.12. The number of hydrogen-bond acceptors (Lipinski definition) is 4. The zero-order chi connectivity index (χ0) is 17.3. The Balaban J connectivity index is 1.50. The number of rotatable bonds is 7. The third-order valence-electron chi connectivity index (χ3n) is 4.16. The predicted octanol–water partition coefficient (Wildman–Crippen LogP) is 2.01. The Morgan fingerprint density at radius 3 is 2.60 bits per heavy atom. The number of benzene rings is 2. The summed E-state index contributed by atoms with van der Waals surface area (Å²) in [5, 5.41) is 6.12. The maximum atomic E-state index is 12.2. The van der Waals surface area contributed by atoms with Crippen LogP contribution in [0.5, 0.6) is 0 Å². The van der Waals surface area contributed by atoms with Gasteiger partial charge in [-0.1, -0.05) is 54.6 Å². The molecular weight excluding hydrogens is 316 g/mol. The van der Waals surface area contributed by atoms with Crippen LogP contribution in [-0.2, 0) is 34.0 Å². The van der Waals surface area contributed by atoms with Crippen molar-refractivity contribution in [2.45, 2.75) is 25.9 Å². The van der Waals surface area contributed by atoms with Crippen LogP contribution in [0.3, 0.4) is 0 Å². The molecule has 3 rings (SSSR count). The molecule has 2 aromatic carbocycles. The molecule has 1 fully saturated rings. The van der Waals surface area contributed by atoms with Crippen molar-refractivity contribution in [1.82, 2.24) is 10.6 Å². The Morgan fingerprint density at radius 1 is 1.08 bits per heavy atom. The Labute approximate surface area is 148 Å². The standard InChI is InChI=1S/C20H24N2O3/c23-20(19-13-21-10-11-25-19)22-12-17-8-4-5-9-18(17)15-24-14-16-6-2-1-3-7-16/h1-9,19,21H,10-15H2,(H,22,23). The fourth-order valence-electron chi connectivity index (χ4n) is 2.75. The Hall–Kier alpha value is -2.21. The molecule has 132 valence electrons. The number of carbonyl (C=O) groups is 1. The highest BCUT2D eigenvalue weighted by molar-refractivity contribution is 5.81. The van der Waals surface area contributed by atoms with Gasteiger partial charge >= 0.3 is 0 Å². The van der Waals surface area contributed by atoms with Crippen LogP contribution < -0.4 is 10.6 Å². The lowest BCUT2D eigenvalue weighted by atomic mass is 10.1. The minimum Gasteiger partial charge on any atom is -0.372 e. The second kappa shape index (κ2) is 9.32. The summed E-state index contributed by atoms with van der Waals surface area (Å²) in [6.07, 6.45) is -0.407. The van der Waals surface area contributed by atoms with Gasteiger partial charge in [-0.3, -0.25) is 4.79 Å². The fourth-order valence-corrected chi connectivity index (χ4v) is 2.75. The number of ether oxygens (including phenoxy) is 2. The van der Waals surface area contributed by atoms with Crippen LogP contribution in [0.25, 0.3) is 0 Å². The van der Waals surface area contributed by atoms with E-state index in [0.717, 1.165) is 23.2 Å². The van der Waals surface area contributed by atoms with Crippen LogP contribution in [0, 0.1) is 0 Å². The molecule has 1 amide bonds. The smallest absolute Gasteiger partial charge is 0.250 e. The SMILES string of the molecule is O=C(NCc1ccccc1COCc1ccccc1)C1CNCCO1. The zero-order valence-corrected chi connectivity index (χ0v) is 14.2. The van der Waals surface area contributed by atoms with Crippen molar-refractivity contribution in [3.8, 4) is 0 Å². The second-order valence-corrected chi connectivity index (χ2v) is 6.03. The molecule has 1 saturated heterocycles. The first kappa shape index (κ1) is 17.6. The maximum absolute atomic E-state index is 12.2. The highest BCUT2D eigenvalue weighted by atomic mass is 16.5. The summed E-state index contributed by atoms with van der Waals surface area (Å²) in [7, 11) is 0. The van der Waals surface area contributed by atoms with E-state index in [1.54, 1.807) is 0 Å². The molecule has 1 unspecified atom stereocenters. The molecular formula is C20H24N2O3. The molecule has 0 saturated carbocycles. The molecule has 0 spiro atoms. The molecule has 2 aromatic rings. The highest BCUT2D eigenvalue weighted by Gasteiger charge is 2.21. The van der Waals surface area contributed by atoms with Crippen molar-refractivity contribution in [2.75, 3.05) is 19.7 Å². The second-order valence-electron chi connectivity index (χ2n) is 6.03. The Bertz CT molecular complexity index is 670. The minimum atomic E-state index is -0.407. The fraction of sp³-hybridized carbons (Fsp3) is 0.350. The van der Waals surface area contributed by atoms with E-state index in [1.807, 2.05) is 54.6 Å². The number of amides is 1. The van der Waals surface area contributed by atoms with Crippen LogP contribution in [0.15, 0.2) is 54.6 Å². The molecule has 1 aliphatic rings. The first-order valence-corrected chi connectivity index (χ1v) is 8.61. The monoisotopic (exact) mass is 340 g/mol. The first-order valence-electron chi connectivity index (χ1n) is 8.61. The van der Waals surface area contributed by atoms with Gasteiger partial charge in [-0.2, -0.15) is 0 Å².